The van der Waals surface area contributed by atoms with Crippen molar-refractivity contribution >= 4 is 32.1 Å². The Kier molecular flexibility index (Phi) is 3.32. The minimum atomic E-state index is -0.640. The van der Waals surface area contributed by atoms with E-state index in [9.17, 15) is 0 Å². The van der Waals surface area contributed by atoms with Crippen LogP contribution in [0.1, 0.15) is 34.1 Å². The highest BCUT2D eigenvalue weighted by molar-refractivity contribution is 6.94. The van der Waals surface area contributed by atoms with Gasteiger partial charge in [0.2, 0.25) is 0 Å². The summed E-state index contributed by atoms with van der Waals surface area (Å²) in [6, 6.07) is 17.5. The maximum atomic E-state index is 6.53. The minimum absolute atomic E-state index is 0.478. The van der Waals surface area contributed by atoms with Crippen LogP contribution in [-0.2, 0) is 0 Å². The first-order valence-corrected chi connectivity index (χ1v) is 10.4. The second kappa shape index (κ2) is 5.32. The fraction of sp³-hybridized carbons (Fsp3) is 0.158. The molecule has 0 saturated heterocycles. The molecule has 0 saturated carbocycles. The van der Waals surface area contributed by atoms with Gasteiger partial charge < -0.3 is 0 Å². The van der Waals surface area contributed by atoms with Crippen LogP contribution in [0.15, 0.2) is 60.7 Å². The Balaban J connectivity index is 1.72. The third-order valence-electron chi connectivity index (χ3n) is 4.78. The molecule has 0 fully saturated rings. The molecule has 0 nitrogen and oxygen atoms in total. The first kappa shape index (κ1) is 13.1. The highest BCUT2D eigenvalue weighted by Gasteiger charge is 2.33. The van der Waals surface area contributed by atoms with E-state index in [0.717, 1.165) is 0 Å². The van der Waals surface area contributed by atoms with Gasteiger partial charge in [0.25, 0.3) is 0 Å². The molecule has 0 aromatic heterocycles. The molecule has 0 amide bonds. The molecule has 0 N–H and O–H groups in total. The van der Waals surface area contributed by atoms with E-state index < -0.39 is 8.83 Å². The number of rotatable bonds is 3. The van der Waals surface area contributed by atoms with Crippen molar-refractivity contribution in [2.45, 2.75) is 17.4 Å². The molecular weight excluding hydrogens is 292 g/mol. The van der Waals surface area contributed by atoms with Crippen LogP contribution in [0.25, 0.3) is 12.2 Å². The zero-order chi connectivity index (χ0) is 14.2. The van der Waals surface area contributed by atoms with Crippen LogP contribution in [0.5, 0.6) is 0 Å². The number of benzene rings is 2. The Labute approximate surface area is 132 Å². The summed E-state index contributed by atoms with van der Waals surface area (Å²) in [5.41, 5.74) is 6.18. The first-order chi connectivity index (χ1) is 10.4. The lowest BCUT2D eigenvalue weighted by molar-refractivity contribution is 0.682. The smallest absolute Gasteiger partial charge is 0.130 e. The molecule has 0 spiro atoms. The largest absolute Gasteiger partial charge is 0.176 e. The molecule has 0 heterocycles. The quantitative estimate of drug-likeness (QED) is 0.568. The number of hydrogen-bond acceptors (Lipinski definition) is 0. The third kappa shape index (κ3) is 2.12. The molecule has 4 rings (SSSR count). The molecule has 2 aromatic carbocycles. The molecule has 0 radical (unpaired) electrons. The van der Waals surface area contributed by atoms with Crippen LogP contribution in [0, 0.1) is 0 Å². The predicted molar refractivity (Wildman–Crippen MR) is 94.6 cm³/mol. The fourth-order valence-electron chi connectivity index (χ4n) is 3.72. The van der Waals surface area contributed by atoms with Crippen molar-refractivity contribution in [2.24, 2.45) is 0 Å². The summed E-state index contributed by atoms with van der Waals surface area (Å²) in [5, 5.41) is 0. The lowest BCUT2D eigenvalue weighted by atomic mass is 9.86. The maximum absolute atomic E-state index is 6.53. The molecule has 0 aliphatic heterocycles. The monoisotopic (exact) mass is 308 g/mol. The molecular formula is C19H17ClSi. The lowest BCUT2D eigenvalue weighted by Gasteiger charge is -2.27. The van der Waals surface area contributed by atoms with Crippen LogP contribution >= 0.6 is 11.1 Å². The highest BCUT2D eigenvalue weighted by Crippen LogP contribution is 2.49. The molecule has 104 valence electrons. The topological polar surface area (TPSA) is 0 Å². The van der Waals surface area contributed by atoms with Crippen molar-refractivity contribution in [3.05, 3.63) is 82.9 Å². The first-order valence-electron chi connectivity index (χ1n) is 7.48. The summed E-state index contributed by atoms with van der Waals surface area (Å²) >= 11 is 6.53. The zero-order valence-electron chi connectivity index (χ0n) is 11.7. The highest BCUT2D eigenvalue weighted by atomic mass is 35.6. The Morgan fingerprint density at radius 1 is 0.762 bits per heavy atom. The molecule has 2 unspecified atom stereocenters. The van der Waals surface area contributed by atoms with E-state index in [4.69, 9.17) is 11.1 Å². The van der Waals surface area contributed by atoms with Gasteiger partial charge in [0, 0.05) is 11.8 Å². The van der Waals surface area contributed by atoms with Gasteiger partial charge in [-0.25, -0.2) is 0 Å². The van der Waals surface area contributed by atoms with Crippen molar-refractivity contribution in [1.29, 1.82) is 0 Å². The van der Waals surface area contributed by atoms with Crippen molar-refractivity contribution < 1.29 is 0 Å². The van der Waals surface area contributed by atoms with Crippen molar-refractivity contribution in [1.82, 2.24) is 0 Å². The summed E-state index contributed by atoms with van der Waals surface area (Å²) in [6.07, 6.45) is 9.25. The molecule has 0 bridgehead atoms. The Morgan fingerprint density at radius 2 is 1.24 bits per heavy atom. The molecule has 2 atom stereocenters. The van der Waals surface area contributed by atoms with Gasteiger partial charge in [-0.3, -0.25) is 0 Å². The number of halogens is 1. The SMILES string of the molecule is Cl[SiH2]C(C1C=Cc2ccccc21)C1C=Cc2ccccc21. The predicted octanol–water partition coefficient (Wildman–Crippen LogP) is 4.72. The van der Waals surface area contributed by atoms with E-state index in [1.165, 1.54) is 22.3 Å². The van der Waals surface area contributed by atoms with Crippen molar-refractivity contribution in [3.8, 4) is 0 Å². The average Bonchev–Trinajstić information content (AvgIpc) is 3.14. The summed E-state index contributed by atoms with van der Waals surface area (Å²) in [6.45, 7) is 0. The summed E-state index contributed by atoms with van der Waals surface area (Å²) < 4.78 is 0. The normalized spacial score (nSPS) is 23.7. The molecule has 21 heavy (non-hydrogen) atoms. The fourth-order valence-corrected chi connectivity index (χ4v) is 6.07. The number of allylic oxidation sites excluding steroid dienone is 2. The maximum Gasteiger partial charge on any atom is 0.130 e. The second-order valence-corrected chi connectivity index (χ2v) is 8.02. The van der Waals surface area contributed by atoms with Gasteiger partial charge in [0.1, 0.15) is 8.83 Å². The molecule has 2 aromatic rings. The van der Waals surface area contributed by atoms with E-state index in [-0.39, 0.29) is 0 Å². The van der Waals surface area contributed by atoms with Gasteiger partial charge in [-0.2, -0.15) is 11.1 Å². The van der Waals surface area contributed by atoms with Crippen LogP contribution in [-0.4, -0.2) is 8.83 Å². The van der Waals surface area contributed by atoms with Crippen LogP contribution in [0.3, 0.4) is 0 Å². The average molecular weight is 309 g/mol. The van der Waals surface area contributed by atoms with E-state index in [1.54, 1.807) is 0 Å². The van der Waals surface area contributed by atoms with Gasteiger partial charge >= 0.3 is 0 Å². The Bertz CT molecular complexity index is 670. The standard InChI is InChI=1S/C19H17ClSi/c20-21-19(17-11-9-13-5-1-3-7-15(13)17)18-12-10-14-6-2-4-8-16(14)18/h1-12,17-19H,21H2. The van der Waals surface area contributed by atoms with E-state index in [1.807, 2.05) is 0 Å². The van der Waals surface area contributed by atoms with Gasteiger partial charge in [-0.1, -0.05) is 72.8 Å². The van der Waals surface area contributed by atoms with Crippen molar-refractivity contribution in [3.63, 3.8) is 0 Å². The van der Waals surface area contributed by atoms with Crippen LogP contribution < -0.4 is 0 Å². The van der Waals surface area contributed by atoms with E-state index in [0.29, 0.717) is 17.4 Å². The van der Waals surface area contributed by atoms with Crippen LogP contribution in [0.2, 0.25) is 5.54 Å². The van der Waals surface area contributed by atoms with Gasteiger partial charge in [-0.05, 0) is 27.8 Å². The van der Waals surface area contributed by atoms with Gasteiger partial charge in [0.05, 0.1) is 0 Å². The van der Waals surface area contributed by atoms with E-state index in [2.05, 4.69) is 72.8 Å². The molecule has 2 aliphatic rings. The van der Waals surface area contributed by atoms with Gasteiger partial charge in [0.15, 0.2) is 0 Å². The Morgan fingerprint density at radius 3 is 1.71 bits per heavy atom. The lowest BCUT2D eigenvalue weighted by Crippen LogP contribution is -2.15. The number of hydrogen-bond donors (Lipinski definition) is 0. The van der Waals surface area contributed by atoms with Gasteiger partial charge in [-0.15, -0.1) is 0 Å². The summed E-state index contributed by atoms with van der Waals surface area (Å²) in [7, 11) is -0.640. The zero-order valence-corrected chi connectivity index (χ0v) is 13.9. The van der Waals surface area contributed by atoms with Crippen LogP contribution in [0.4, 0.5) is 0 Å². The van der Waals surface area contributed by atoms with Crippen molar-refractivity contribution in [2.75, 3.05) is 0 Å². The summed E-state index contributed by atoms with van der Waals surface area (Å²) in [5.74, 6) is 0.956. The Hall–Kier alpha value is -1.57. The molecule has 2 heteroatoms. The van der Waals surface area contributed by atoms with E-state index >= 15 is 0 Å². The minimum Gasteiger partial charge on any atom is -0.176 e. The second-order valence-electron chi connectivity index (χ2n) is 5.85. The third-order valence-corrected chi connectivity index (χ3v) is 7.22. The number of fused-ring (bicyclic) bond motifs is 2. The molecule has 2 aliphatic carbocycles. The summed E-state index contributed by atoms with van der Waals surface area (Å²) in [4.78, 5) is 0.